The molecule has 0 aromatic heterocycles. The molecule has 112 valence electrons. The maximum atomic E-state index is 11.7. The van der Waals surface area contributed by atoms with Gasteiger partial charge in [0.25, 0.3) is 11.4 Å². The van der Waals surface area contributed by atoms with Gasteiger partial charge in [-0.15, -0.1) is 18.4 Å². The number of allylic oxidation sites excluding steroid dienone is 1. The second kappa shape index (κ2) is 8.19. The van der Waals surface area contributed by atoms with Crippen molar-refractivity contribution in [3.63, 3.8) is 0 Å². The average molecular weight is 288 g/mol. The molecule has 1 aliphatic carbocycles. The summed E-state index contributed by atoms with van der Waals surface area (Å²) in [6.45, 7) is 3.65. The topological polar surface area (TPSA) is 55.8 Å². The van der Waals surface area contributed by atoms with Crippen LogP contribution >= 0.6 is 0 Å². The molecule has 0 saturated carbocycles. The summed E-state index contributed by atoms with van der Waals surface area (Å²) < 4.78 is 9.79. The van der Waals surface area contributed by atoms with Crippen molar-refractivity contribution in [2.24, 2.45) is 0 Å². The van der Waals surface area contributed by atoms with Gasteiger partial charge in [-0.25, -0.2) is 0 Å². The SMILES string of the molecule is C=CCCCC#CCCC#CC1(O)C(=O)C(OC)=C1OC. The number of ether oxygens (including phenoxy) is 2. The minimum Gasteiger partial charge on any atom is -0.493 e. The predicted octanol–water partition coefficient (Wildman–Crippen LogP) is 1.95. The second-order valence-electron chi connectivity index (χ2n) is 4.44. The summed E-state index contributed by atoms with van der Waals surface area (Å²) >= 11 is 0. The minimum absolute atomic E-state index is 0.0244. The van der Waals surface area contributed by atoms with Crippen LogP contribution in [0.25, 0.3) is 0 Å². The molecule has 21 heavy (non-hydrogen) atoms. The van der Waals surface area contributed by atoms with E-state index in [-0.39, 0.29) is 11.5 Å². The van der Waals surface area contributed by atoms with E-state index in [0.717, 1.165) is 19.3 Å². The number of Topliss-reactive ketones (excluding diaryl/α,β-unsaturated/α-hetero) is 1. The summed E-state index contributed by atoms with van der Waals surface area (Å²) in [5, 5.41) is 10.1. The fourth-order valence-electron chi connectivity index (χ4n) is 1.84. The van der Waals surface area contributed by atoms with Crippen molar-refractivity contribution in [1.29, 1.82) is 0 Å². The standard InChI is InChI=1S/C17H20O4/c1-4-5-6-7-8-9-10-11-12-13-17(19)15(18)14(20-2)16(17)21-3/h4,19H,1,5-7,10-11H2,2-3H3. The zero-order chi connectivity index (χ0) is 15.7. The van der Waals surface area contributed by atoms with Gasteiger partial charge in [-0.05, 0) is 12.8 Å². The van der Waals surface area contributed by atoms with Gasteiger partial charge in [0.05, 0.1) is 14.2 Å². The Balaban J connectivity index is 2.47. The molecule has 1 N–H and O–H groups in total. The summed E-state index contributed by atoms with van der Waals surface area (Å²) in [4.78, 5) is 11.7. The number of unbranched alkanes of at least 4 members (excludes halogenated alkanes) is 3. The van der Waals surface area contributed by atoms with Crippen molar-refractivity contribution in [2.45, 2.75) is 37.7 Å². The maximum Gasteiger partial charge on any atom is 0.254 e. The molecule has 0 saturated heterocycles. The molecule has 1 unspecified atom stereocenters. The van der Waals surface area contributed by atoms with Crippen LogP contribution in [-0.4, -0.2) is 30.7 Å². The molecule has 1 atom stereocenters. The van der Waals surface area contributed by atoms with Crippen molar-refractivity contribution < 1.29 is 19.4 Å². The molecule has 0 spiro atoms. The first-order valence-corrected chi connectivity index (χ1v) is 6.78. The van der Waals surface area contributed by atoms with Crippen LogP contribution < -0.4 is 0 Å². The lowest BCUT2D eigenvalue weighted by Crippen LogP contribution is -2.51. The van der Waals surface area contributed by atoms with Gasteiger partial charge in [0.2, 0.25) is 5.76 Å². The Bertz CT molecular complexity index is 551. The molecular formula is C17H20O4. The Labute approximate surface area is 125 Å². The largest absolute Gasteiger partial charge is 0.493 e. The lowest BCUT2D eigenvalue weighted by atomic mass is 9.83. The predicted molar refractivity (Wildman–Crippen MR) is 79.8 cm³/mol. The van der Waals surface area contributed by atoms with Gasteiger partial charge in [0, 0.05) is 19.3 Å². The van der Waals surface area contributed by atoms with Crippen LogP contribution in [0.2, 0.25) is 0 Å². The monoisotopic (exact) mass is 288 g/mol. The second-order valence-corrected chi connectivity index (χ2v) is 4.44. The fourth-order valence-corrected chi connectivity index (χ4v) is 1.84. The molecular weight excluding hydrogens is 268 g/mol. The first kappa shape index (κ1) is 16.9. The summed E-state index contributed by atoms with van der Waals surface area (Å²) in [7, 11) is 2.71. The van der Waals surface area contributed by atoms with Crippen molar-refractivity contribution in [3.8, 4) is 23.7 Å². The van der Waals surface area contributed by atoms with Gasteiger partial charge in [-0.3, -0.25) is 4.79 Å². The van der Waals surface area contributed by atoms with Crippen molar-refractivity contribution in [2.75, 3.05) is 14.2 Å². The molecule has 1 aliphatic rings. The Kier molecular flexibility index (Phi) is 6.59. The van der Waals surface area contributed by atoms with Crippen LogP contribution in [0.4, 0.5) is 0 Å². The number of methoxy groups -OCH3 is 2. The van der Waals surface area contributed by atoms with Crippen molar-refractivity contribution >= 4 is 5.78 Å². The first-order chi connectivity index (χ1) is 10.1. The van der Waals surface area contributed by atoms with E-state index >= 15 is 0 Å². The van der Waals surface area contributed by atoms with Crippen molar-refractivity contribution in [3.05, 3.63) is 24.2 Å². The third kappa shape index (κ3) is 3.90. The zero-order valence-corrected chi connectivity index (χ0v) is 12.5. The summed E-state index contributed by atoms with van der Waals surface area (Å²) in [6, 6.07) is 0. The Hall–Kier alpha value is -2.17. The molecule has 4 heteroatoms. The average Bonchev–Trinajstić information content (AvgIpc) is 2.49. The van der Waals surface area contributed by atoms with Crippen LogP contribution in [-0.2, 0) is 14.3 Å². The number of hydrogen-bond acceptors (Lipinski definition) is 4. The van der Waals surface area contributed by atoms with Crippen LogP contribution in [0.15, 0.2) is 24.2 Å². The highest BCUT2D eigenvalue weighted by atomic mass is 16.5. The van der Waals surface area contributed by atoms with E-state index in [2.05, 4.69) is 30.3 Å². The first-order valence-electron chi connectivity index (χ1n) is 6.78. The number of ketones is 1. The Morgan fingerprint density at radius 1 is 1.19 bits per heavy atom. The van der Waals surface area contributed by atoms with Crippen molar-refractivity contribution in [1.82, 2.24) is 0 Å². The highest BCUT2D eigenvalue weighted by Crippen LogP contribution is 2.35. The minimum atomic E-state index is -1.86. The summed E-state index contributed by atoms with van der Waals surface area (Å²) in [6.07, 6.45) is 5.79. The van der Waals surface area contributed by atoms with Crippen LogP contribution in [0, 0.1) is 23.7 Å². The molecule has 0 bridgehead atoms. The molecule has 0 amide bonds. The highest BCUT2D eigenvalue weighted by Gasteiger charge is 2.55. The van der Waals surface area contributed by atoms with E-state index in [1.165, 1.54) is 14.2 Å². The van der Waals surface area contributed by atoms with Crippen LogP contribution in [0.5, 0.6) is 0 Å². The number of hydrogen-bond donors (Lipinski definition) is 1. The molecule has 0 radical (unpaired) electrons. The number of carbonyl (C=O) groups excluding carboxylic acids is 1. The summed E-state index contributed by atoms with van der Waals surface area (Å²) in [5.41, 5.74) is -1.86. The number of aliphatic hydroxyl groups is 1. The van der Waals surface area contributed by atoms with E-state index < -0.39 is 11.4 Å². The molecule has 0 aromatic carbocycles. The lowest BCUT2D eigenvalue weighted by molar-refractivity contribution is -0.138. The smallest absolute Gasteiger partial charge is 0.254 e. The molecule has 0 aromatic rings. The highest BCUT2D eigenvalue weighted by molar-refractivity contribution is 6.12. The van der Waals surface area contributed by atoms with Gasteiger partial charge in [-0.1, -0.05) is 17.9 Å². The molecule has 0 heterocycles. The van der Waals surface area contributed by atoms with E-state index in [1.54, 1.807) is 0 Å². The van der Waals surface area contributed by atoms with E-state index in [9.17, 15) is 9.90 Å². The van der Waals surface area contributed by atoms with Gasteiger partial charge >= 0.3 is 0 Å². The van der Waals surface area contributed by atoms with Gasteiger partial charge in [0.15, 0.2) is 5.76 Å². The van der Waals surface area contributed by atoms with Gasteiger partial charge < -0.3 is 14.6 Å². The molecule has 4 nitrogen and oxygen atoms in total. The van der Waals surface area contributed by atoms with E-state index in [4.69, 9.17) is 9.47 Å². The number of carbonyl (C=O) groups is 1. The van der Waals surface area contributed by atoms with Crippen LogP contribution in [0.3, 0.4) is 0 Å². The quantitative estimate of drug-likeness (QED) is 0.461. The molecule has 0 aliphatic heterocycles. The normalized spacial score (nSPS) is 19.7. The Morgan fingerprint density at radius 3 is 2.48 bits per heavy atom. The molecule has 1 rings (SSSR count). The summed E-state index contributed by atoms with van der Waals surface area (Å²) in [5.74, 6) is 10.9. The third-order valence-electron chi connectivity index (χ3n) is 2.96. The fraction of sp³-hybridized carbons (Fsp3) is 0.471. The Morgan fingerprint density at radius 2 is 1.86 bits per heavy atom. The lowest BCUT2D eigenvalue weighted by Gasteiger charge is -2.32. The molecule has 0 fully saturated rings. The van der Waals surface area contributed by atoms with Gasteiger partial charge in [-0.2, -0.15) is 0 Å². The van der Waals surface area contributed by atoms with Crippen LogP contribution in [0.1, 0.15) is 32.1 Å². The third-order valence-corrected chi connectivity index (χ3v) is 2.96. The zero-order valence-electron chi connectivity index (χ0n) is 12.5. The maximum absolute atomic E-state index is 11.7. The van der Waals surface area contributed by atoms with E-state index in [0.29, 0.717) is 12.8 Å². The van der Waals surface area contributed by atoms with Gasteiger partial charge in [0.1, 0.15) is 0 Å². The van der Waals surface area contributed by atoms with E-state index in [1.807, 2.05) is 6.08 Å². The number of rotatable bonds is 6.